The molecule has 0 saturated heterocycles. The molecule has 0 radical (unpaired) electrons. The molecule has 0 bridgehead atoms. The van der Waals surface area contributed by atoms with Crippen molar-refractivity contribution in [1.82, 2.24) is 14.9 Å². The third-order valence-electron chi connectivity index (χ3n) is 4.39. The fourth-order valence-electron chi connectivity index (χ4n) is 2.55. The lowest BCUT2D eigenvalue weighted by Crippen LogP contribution is -2.49. The first-order chi connectivity index (χ1) is 16.5. The molecule has 1 aromatic rings. The van der Waals surface area contributed by atoms with Gasteiger partial charge in [0.25, 0.3) is 0 Å². The van der Waals surface area contributed by atoms with Crippen molar-refractivity contribution >= 4 is 28.1 Å². The number of nitrogens with zero attached hydrogens (tertiary/aromatic N) is 3. The number of amides is 2. The Balaban J connectivity index is 2.86. The molecule has 202 valence electrons. The van der Waals surface area contributed by atoms with Gasteiger partial charge in [0.1, 0.15) is 17.4 Å². The van der Waals surface area contributed by atoms with E-state index in [9.17, 15) is 28.1 Å². The van der Waals surface area contributed by atoms with Crippen LogP contribution in [0.4, 0.5) is 4.79 Å². The minimum absolute atomic E-state index is 0.00342. The number of amidine groups is 1. The maximum atomic E-state index is 12.8. The molecule has 0 heterocycles. The quantitative estimate of drug-likeness (QED) is 0.123. The lowest BCUT2D eigenvalue weighted by molar-refractivity contribution is -0.485. The molecule has 1 aromatic carbocycles. The third kappa shape index (κ3) is 11.3. The van der Waals surface area contributed by atoms with E-state index in [0.29, 0.717) is 5.56 Å². The number of ether oxygens (including phenoxy) is 1. The van der Waals surface area contributed by atoms with E-state index in [1.165, 1.54) is 26.2 Å². The van der Waals surface area contributed by atoms with Crippen LogP contribution in [-0.2, 0) is 26.4 Å². The monoisotopic (exact) mass is 531 g/mol. The van der Waals surface area contributed by atoms with Crippen molar-refractivity contribution in [2.75, 3.05) is 14.1 Å². The van der Waals surface area contributed by atoms with Crippen LogP contribution in [0.25, 0.3) is 0 Å². The number of nitrogens with one attached hydrogen (secondary N) is 2. The predicted molar refractivity (Wildman–Crippen MR) is 131 cm³/mol. The van der Waals surface area contributed by atoms with Crippen molar-refractivity contribution in [2.24, 2.45) is 16.6 Å². The lowest BCUT2D eigenvalue weighted by Gasteiger charge is -2.24. The zero-order valence-corrected chi connectivity index (χ0v) is 21.6. The van der Waals surface area contributed by atoms with Gasteiger partial charge in [-0.2, -0.15) is 12.7 Å². The molecule has 6 N–H and O–H groups in total. The molecule has 15 nitrogen and oxygen atoms in total. The molecule has 0 spiro atoms. The average molecular weight is 532 g/mol. The summed E-state index contributed by atoms with van der Waals surface area (Å²) < 4.78 is 34.6. The van der Waals surface area contributed by atoms with Gasteiger partial charge in [-0.1, -0.05) is 12.1 Å². The van der Waals surface area contributed by atoms with Gasteiger partial charge in [-0.05, 0) is 51.3 Å². The van der Waals surface area contributed by atoms with Gasteiger partial charge in [0.05, 0.1) is 11.1 Å². The summed E-state index contributed by atoms with van der Waals surface area (Å²) in [4.78, 5) is 35.5. The standard InChI is InChI=1S/C20H33N7O8S/c1-20(2,3)34-19(29)24-16(11-10-15(21)17(22)25-27(30)31)18(28)23-12-13-6-8-14(9-7-13)35-36(32,33)26(4)5/h6-9,15-16H,10-12,21H2,1-5H3,(H2,22,25)(H,23,28)(H,24,29). The van der Waals surface area contributed by atoms with Crippen LogP contribution >= 0.6 is 0 Å². The van der Waals surface area contributed by atoms with Crippen LogP contribution < -0.4 is 26.3 Å². The Morgan fingerprint density at radius 1 is 1.19 bits per heavy atom. The number of carbonyl (C=O) groups is 2. The van der Waals surface area contributed by atoms with Gasteiger partial charge in [-0.3, -0.25) is 4.79 Å². The van der Waals surface area contributed by atoms with Gasteiger partial charge < -0.3 is 31.0 Å². The van der Waals surface area contributed by atoms with E-state index in [4.69, 9.17) is 20.4 Å². The number of nitro groups is 1. The van der Waals surface area contributed by atoms with Crippen LogP contribution in [-0.4, -0.2) is 67.4 Å². The highest BCUT2D eigenvalue weighted by Crippen LogP contribution is 2.15. The van der Waals surface area contributed by atoms with Crippen molar-refractivity contribution in [2.45, 2.75) is 57.8 Å². The van der Waals surface area contributed by atoms with E-state index in [-0.39, 0.29) is 25.1 Å². The summed E-state index contributed by atoms with van der Waals surface area (Å²) in [5.74, 6) is -0.908. The number of hydrazone groups is 1. The van der Waals surface area contributed by atoms with Gasteiger partial charge in [-0.25, -0.2) is 14.9 Å². The first-order valence-electron chi connectivity index (χ1n) is 10.7. The second-order valence-corrected chi connectivity index (χ2v) is 10.6. The Morgan fingerprint density at radius 3 is 2.28 bits per heavy atom. The highest BCUT2D eigenvalue weighted by molar-refractivity contribution is 7.84. The first kappa shape index (κ1) is 30.5. The number of alkyl carbamates (subject to hydrolysis) is 1. The maximum Gasteiger partial charge on any atom is 0.408 e. The number of nitrogens with two attached hydrogens (primary N) is 2. The molecule has 2 atom stereocenters. The van der Waals surface area contributed by atoms with Crippen LogP contribution in [0.3, 0.4) is 0 Å². The van der Waals surface area contributed by atoms with E-state index >= 15 is 0 Å². The fourth-order valence-corrected chi connectivity index (χ4v) is 3.06. The number of hydrogen-bond donors (Lipinski definition) is 4. The van der Waals surface area contributed by atoms with Crippen LogP contribution in [0.2, 0.25) is 0 Å². The number of rotatable bonds is 12. The Morgan fingerprint density at radius 2 is 1.78 bits per heavy atom. The largest absolute Gasteiger partial charge is 0.444 e. The zero-order chi connectivity index (χ0) is 27.7. The highest BCUT2D eigenvalue weighted by Gasteiger charge is 2.26. The summed E-state index contributed by atoms with van der Waals surface area (Å²) in [5, 5.41) is 17.6. The topological polar surface area (TPSA) is 222 Å². The van der Waals surface area contributed by atoms with Crippen molar-refractivity contribution in [3.05, 3.63) is 39.9 Å². The molecule has 0 aromatic heterocycles. The van der Waals surface area contributed by atoms with E-state index in [2.05, 4.69) is 15.7 Å². The van der Waals surface area contributed by atoms with Crippen LogP contribution in [0.15, 0.2) is 29.4 Å². The van der Waals surface area contributed by atoms with Gasteiger partial charge in [0.2, 0.25) is 5.91 Å². The summed E-state index contributed by atoms with van der Waals surface area (Å²) in [6, 6.07) is 3.85. The van der Waals surface area contributed by atoms with E-state index < -0.39 is 50.9 Å². The number of benzene rings is 1. The molecule has 0 saturated carbocycles. The molecule has 0 aliphatic rings. The molecule has 16 heteroatoms. The van der Waals surface area contributed by atoms with Crippen molar-refractivity contribution < 1.29 is 32.0 Å². The summed E-state index contributed by atoms with van der Waals surface area (Å²) in [5.41, 5.74) is 11.1. The van der Waals surface area contributed by atoms with E-state index in [0.717, 1.165) is 4.31 Å². The Bertz CT molecular complexity index is 1050. The number of hydrogen-bond acceptors (Lipinski definition) is 9. The maximum absolute atomic E-state index is 12.8. The Labute approximate surface area is 209 Å². The highest BCUT2D eigenvalue weighted by atomic mass is 32.2. The Kier molecular flexibility index (Phi) is 11.0. The van der Waals surface area contributed by atoms with Gasteiger partial charge in [0, 0.05) is 20.6 Å². The van der Waals surface area contributed by atoms with Gasteiger partial charge >= 0.3 is 16.4 Å². The van der Waals surface area contributed by atoms with E-state index in [1.807, 2.05) is 0 Å². The second kappa shape index (κ2) is 13.0. The van der Waals surface area contributed by atoms with Gasteiger partial charge in [-0.15, -0.1) is 0 Å². The van der Waals surface area contributed by atoms with Crippen LogP contribution in [0.1, 0.15) is 39.2 Å². The average Bonchev–Trinajstić information content (AvgIpc) is 2.73. The Hall–Kier alpha value is -3.50. The van der Waals surface area contributed by atoms with Crippen molar-refractivity contribution in [3.8, 4) is 5.75 Å². The fraction of sp³-hybridized carbons (Fsp3) is 0.550. The molecular weight excluding hydrogens is 498 g/mol. The molecule has 2 amide bonds. The lowest BCUT2D eigenvalue weighted by atomic mass is 10.1. The second-order valence-electron chi connectivity index (χ2n) is 8.83. The molecule has 0 fully saturated rings. The zero-order valence-electron chi connectivity index (χ0n) is 20.8. The SMILES string of the molecule is CN(C)S(=O)(=O)Oc1ccc(CNC(=O)C(CCC(N)/C(N)=N\[N+](=O)[O-])NC(=O)OC(C)(C)C)cc1. The summed E-state index contributed by atoms with van der Waals surface area (Å²) in [6.45, 7) is 5.01. The summed E-state index contributed by atoms with van der Waals surface area (Å²) >= 11 is 0. The van der Waals surface area contributed by atoms with Gasteiger partial charge in [0.15, 0.2) is 10.9 Å². The first-order valence-corrected chi connectivity index (χ1v) is 12.1. The smallest absolute Gasteiger partial charge is 0.408 e. The van der Waals surface area contributed by atoms with E-state index in [1.54, 1.807) is 32.9 Å². The van der Waals surface area contributed by atoms with Crippen LogP contribution in [0.5, 0.6) is 5.75 Å². The molecule has 0 aliphatic carbocycles. The summed E-state index contributed by atoms with van der Waals surface area (Å²) in [6.07, 6.45) is -0.856. The summed E-state index contributed by atoms with van der Waals surface area (Å²) in [7, 11) is -1.24. The molecule has 1 rings (SSSR count). The molecular formula is C20H33N7O8S. The predicted octanol–water partition coefficient (Wildman–Crippen LogP) is 0.0377. The molecule has 2 unspecified atom stereocenters. The molecule has 0 aliphatic heterocycles. The van der Waals surface area contributed by atoms with Crippen LogP contribution in [0, 0.1) is 10.1 Å². The third-order valence-corrected chi connectivity index (χ3v) is 5.69. The van der Waals surface area contributed by atoms with Crippen molar-refractivity contribution in [1.29, 1.82) is 0 Å². The normalized spacial score (nSPS) is 14.0. The minimum atomic E-state index is -3.91. The number of carbonyl (C=O) groups excluding carboxylic acids is 2. The molecule has 36 heavy (non-hydrogen) atoms. The van der Waals surface area contributed by atoms with Crippen molar-refractivity contribution in [3.63, 3.8) is 0 Å². The minimum Gasteiger partial charge on any atom is -0.444 e.